The Balaban J connectivity index is 1.33. The summed E-state index contributed by atoms with van der Waals surface area (Å²) in [7, 11) is 0. The lowest BCUT2D eigenvalue weighted by Gasteiger charge is -2.24. The van der Waals surface area contributed by atoms with Crippen LogP contribution < -0.4 is 4.74 Å². The van der Waals surface area contributed by atoms with Gasteiger partial charge in [-0.25, -0.2) is 9.48 Å². The quantitative estimate of drug-likeness (QED) is 0.451. The van der Waals surface area contributed by atoms with Crippen LogP contribution in [0.25, 0.3) is 22.0 Å². The van der Waals surface area contributed by atoms with E-state index >= 15 is 0 Å². The minimum Gasteiger partial charge on any atom is -0.410 e. The lowest BCUT2D eigenvalue weighted by atomic mass is 10.1. The number of rotatable bonds is 4. The van der Waals surface area contributed by atoms with E-state index in [1.807, 2.05) is 84.4 Å². The van der Waals surface area contributed by atoms with E-state index in [-0.39, 0.29) is 17.4 Å². The molecule has 0 unspecified atom stereocenters. The number of hydrogen-bond acceptors (Lipinski definition) is 5. The van der Waals surface area contributed by atoms with Crippen LogP contribution in [0.5, 0.6) is 5.75 Å². The number of amides is 1. The Morgan fingerprint density at radius 1 is 1.06 bits per heavy atom. The lowest BCUT2D eigenvalue weighted by molar-refractivity contribution is 0.142. The van der Waals surface area contributed by atoms with Crippen molar-refractivity contribution in [2.45, 2.75) is 31.2 Å². The average Bonchev–Trinajstić information content (AvgIpc) is 3.36. The molecule has 2 atom stereocenters. The summed E-state index contributed by atoms with van der Waals surface area (Å²) in [5.41, 5.74) is 2.86. The summed E-state index contributed by atoms with van der Waals surface area (Å²) in [6.07, 6.45) is 0.415. The van der Waals surface area contributed by atoms with Crippen LogP contribution in [-0.2, 0) is 6.54 Å². The van der Waals surface area contributed by atoms with Gasteiger partial charge in [0.2, 0.25) is 0 Å². The molecule has 4 aromatic rings. The molecular formula is C25H24N4O2S. The molecule has 2 heterocycles. The highest BCUT2D eigenvalue weighted by atomic mass is 32.1. The van der Waals surface area contributed by atoms with E-state index in [0.29, 0.717) is 18.8 Å². The zero-order chi connectivity index (χ0) is 22.1. The summed E-state index contributed by atoms with van der Waals surface area (Å²) in [6.45, 7) is 3.10. The zero-order valence-electron chi connectivity index (χ0n) is 17.8. The monoisotopic (exact) mass is 444 g/mol. The van der Waals surface area contributed by atoms with Crippen molar-refractivity contribution in [3.63, 3.8) is 0 Å². The van der Waals surface area contributed by atoms with Gasteiger partial charge in [-0.1, -0.05) is 65.9 Å². The molecule has 0 aliphatic carbocycles. The molecule has 0 saturated carbocycles. The molecule has 5 rings (SSSR count). The van der Waals surface area contributed by atoms with Crippen molar-refractivity contribution in [2.24, 2.45) is 0 Å². The number of hydrogen-bond donors (Lipinski definition) is 1. The topological polar surface area (TPSA) is 60.2 Å². The number of thiol groups is 1. The van der Waals surface area contributed by atoms with Crippen molar-refractivity contribution in [1.29, 1.82) is 0 Å². The largest absolute Gasteiger partial charge is 0.415 e. The summed E-state index contributed by atoms with van der Waals surface area (Å²) in [6, 6.07) is 23.6. The van der Waals surface area contributed by atoms with E-state index < -0.39 is 0 Å². The van der Waals surface area contributed by atoms with E-state index in [2.05, 4.69) is 22.9 Å². The fourth-order valence-electron chi connectivity index (χ4n) is 4.28. The smallest absolute Gasteiger partial charge is 0.410 e. The molecule has 1 aliphatic rings. The van der Waals surface area contributed by atoms with Gasteiger partial charge in [-0.2, -0.15) is 12.6 Å². The van der Waals surface area contributed by atoms with E-state index in [1.54, 1.807) is 4.90 Å². The Kier molecular flexibility index (Phi) is 5.57. The average molecular weight is 445 g/mol. The van der Waals surface area contributed by atoms with Crippen molar-refractivity contribution in [3.05, 3.63) is 78.5 Å². The molecule has 0 spiro atoms. The Bertz CT molecular complexity index is 1260. The zero-order valence-corrected chi connectivity index (χ0v) is 18.7. The van der Waals surface area contributed by atoms with E-state index in [1.165, 1.54) is 0 Å². The van der Waals surface area contributed by atoms with Crippen molar-refractivity contribution in [3.8, 4) is 17.0 Å². The summed E-state index contributed by atoms with van der Waals surface area (Å²) >= 11 is 4.64. The highest BCUT2D eigenvalue weighted by Gasteiger charge is 2.35. The third kappa shape index (κ3) is 4.08. The SMILES string of the molecule is Cc1c(-c2ccccc2)nnn1C[C@@H]1C[C@@H](S)CN1C(=O)Oc1ccc2ccccc2c1. The molecule has 0 N–H and O–H groups in total. The van der Waals surface area contributed by atoms with E-state index in [0.717, 1.165) is 34.1 Å². The standard InChI is InChI=1S/C25H24N4O2S/c1-17-24(19-8-3-2-4-9-19)26-27-29(17)15-21-14-23(32)16-28(21)25(30)31-22-12-11-18-7-5-6-10-20(18)13-22/h2-13,21,23,32H,14-16H2,1H3/t21-,23+/m0/s1. The summed E-state index contributed by atoms with van der Waals surface area (Å²) in [5.74, 6) is 0.540. The van der Waals surface area contributed by atoms with Crippen LogP contribution in [0.4, 0.5) is 4.79 Å². The lowest BCUT2D eigenvalue weighted by Crippen LogP contribution is -2.40. The first kappa shape index (κ1) is 20.6. The molecule has 0 bridgehead atoms. The number of carbonyl (C=O) groups is 1. The molecule has 3 aromatic carbocycles. The Morgan fingerprint density at radius 2 is 1.81 bits per heavy atom. The van der Waals surface area contributed by atoms with Gasteiger partial charge in [0.25, 0.3) is 0 Å². The second kappa shape index (κ2) is 8.67. The molecule has 32 heavy (non-hydrogen) atoms. The first-order chi connectivity index (χ1) is 15.6. The van der Waals surface area contributed by atoms with Crippen molar-refractivity contribution in [2.75, 3.05) is 6.54 Å². The highest BCUT2D eigenvalue weighted by Crippen LogP contribution is 2.27. The van der Waals surface area contributed by atoms with E-state index in [4.69, 9.17) is 4.74 Å². The van der Waals surface area contributed by atoms with Crippen LogP contribution in [0.15, 0.2) is 72.8 Å². The van der Waals surface area contributed by atoms with Gasteiger partial charge in [0.15, 0.2) is 0 Å². The fraction of sp³-hybridized carbons (Fsp3) is 0.240. The number of nitrogens with zero attached hydrogens (tertiary/aromatic N) is 4. The number of fused-ring (bicyclic) bond motifs is 1. The first-order valence-electron chi connectivity index (χ1n) is 10.7. The van der Waals surface area contributed by atoms with Crippen molar-refractivity contribution in [1.82, 2.24) is 19.9 Å². The fourth-order valence-corrected chi connectivity index (χ4v) is 4.69. The molecule has 1 amide bonds. The number of likely N-dealkylation sites (tertiary alicyclic amines) is 1. The molecule has 7 heteroatoms. The van der Waals surface area contributed by atoms with Crippen LogP contribution in [0.3, 0.4) is 0 Å². The van der Waals surface area contributed by atoms with Gasteiger partial charge in [-0.05, 0) is 36.2 Å². The van der Waals surface area contributed by atoms with Gasteiger partial charge in [-0.3, -0.25) is 0 Å². The van der Waals surface area contributed by atoms with Gasteiger partial charge >= 0.3 is 6.09 Å². The third-order valence-electron chi connectivity index (χ3n) is 5.97. The van der Waals surface area contributed by atoms with Crippen LogP contribution >= 0.6 is 12.6 Å². The van der Waals surface area contributed by atoms with Gasteiger partial charge in [0, 0.05) is 17.4 Å². The Labute approximate surface area is 192 Å². The predicted octanol–water partition coefficient (Wildman–Crippen LogP) is 4.98. The maximum absolute atomic E-state index is 13.0. The van der Waals surface area contributed by atoms with Gasteiger partial charge in [-0.15, -0.1) is 5.10 Å². The molecular weight excluding hydrogens is 420 g/mol. The van der Waals surface area contributed by atoms with Crippen molar-refractivity contribution >= 4 is 29.5 Å². The van der Waals surface area contributed by atoms with Crippen molar-refractivity contribution < 1.29 is 9.53 Å². The maximum atomic E-state index is 13.0. The summed E-state index contributed by atoms with van der Waals surface area (Å²) in [5, 5.41) is 11.0. The van der Waals surface area contributed by atoms with Crippen LogP contribution in [0, 0.1) is 6.92 Å². The predicted molar refractivity (Wildman–Crippen MR) is 128 cm³/mol. The molecule has 0 radical (unpaired) electrons. The van der Waals surface area contributed by atoms with Crippen LogP contribution in [-0.4, -0.2) is 43.8 Å². The molecule has 1 aromatic heterocycles. The minimum absolute atomic E-state index is 0.0607. The number of aromatic nitrogens is 3. The molecule has 1 saturated heterocycles. The maximum Gasteiger partial charge on any atom is 0.415 e. The van der Waals surface area contributed by atoms with Crippen LogP contribution in [0.2, 0.25) is 0 Å². The minimum atomic E-state index is -0.358. The molecule has 1 fully saturated rings. The second-order valence-corrected chi connectivity index (χ2v) is 8.87. The number of benzene rings is 3. The van der Waals surface area contributed by atoms with Gasteiger partial charge in [0.05, 0.1) is 18.3 Å². The van der Waals surface area contributed by atoms with Gasteiger partial charge in [0.1, 0.15) is 11.4 Å². The van der Waals surface area contributed by atoms with Gasteiger partial charge < -0.3 is 9.64 Å². The number of carbonyl (C=O) groups excluding carboxylic acids is 1. The molecule has 162 valence electrons. The highest BCUT2D eigenvalue weighted by molar-refractivity contribution is 7.81. The molecule has 1 aliphatic heterocycles. The van der Waals surface area contributed by atoms with E-state index in [9.17, 15) is 4.79 Å². The number of ether oxygens (including phenoxy) is 1. The van der Waals surface area contributed by atoms with Crippen LogP contribution in [0.1, 0.15) is 12.1 Å². The normalized spacial score (nSPS) is 18.2. The third-order valence-corrected chi connectivity index (χ3v) is 6.34. The Hall–Kier alpha value is -3.32. The molecule has 6 nitrogen and oxygen atoms in total. The second-order valence-electron chi connectivity index (χ2n) is 8.14. The summed E-state index contributed by atoms with van der Waals surface area (Å²) < 4.78 is 7.61. The Morgan fingerprint density at radius 3 is 2.62 bits per heavy atom. The first-order valence-corrected chi connectivity index (χ1v) is 11.2. The summed E-state index contributed by atoms with van der Waals surface area (Å²) in [4.78, 5) is 14.8.